The predicted molar refractivity (Wildman–Crippen MR) is 104 cm³/mol. The molecule has 6 nitrogen and oxygen atoms in total. The highest BCUT2D eigenvalue weighted by Crippen LogP contribution is 2.40. The fraction of sp³-hybridized carbons (Fsp3) is 0.318. The highest BCUT2D eigenvalue weighted by atomic mass is 19.2. The van der Waals surface area contributed by atoms with Gasteiger partial charge in [0.05, 0.1) is 35.4 Å². The minimum Gasteiger partial charge on any atom is -0.460 e. The van der Waals surface area contributed by atoms with E-state index in [1.54, 1.807) is 10.6 Å². The lowest BCUT2D eigenvalue weighted by atomic mass is 9.85. The van der Waals surface area contributed by atoms with Gasteiger partial charge in [-0.2, -0.15) is 0 Å². The van der Waals surface area contributed by atoms with Crippen molar-refractivity contribution in [2.45, 2.75) is 38.5 Å². The van der Waals surface area contributed by atoms with Crippen molar-refractivity contribution in [2.24, 2.45) is 0 Å². The zero-order chi connectivity index (χ0) is 21.2. The predicted octanol–water partition coefficient (Wildman–Crippen LogP) is 3.40. The quantitative estimate of drug-likeness (QED) is 0.472. The van der Waals surface area contributed by atoms with E-state index in [2.05, 4.69) is 4.98 Å². The summed E-state index contributed by atoms with van der Waals surface area (Å²) in [5.74, 6) is -2.35. The van der Waals surface area contributed by atoms with Gasteiger partial charge in [0.15, 0.2) is 11.6 Å². The van der Waals surface area contributed by atoms with E-state index < -0.39 is 23.2 Å². The van der Waals surface area contributed by atoms with Crippen LogP contribution in [-0.4, -0.2) is 22.6 Å². The fourth-order valence-electron chi connectivity index (χ4n) is 4.49. The van der Waals surface area contributed by atoms with Crippen LogP contribution in [0, 0.1) is 11.6 Å². The van der Waals surface area contributed by atoms with E-state index in [4.69, 9.17) is 9.47 Å². The molecule has 0 unspecified atom stereocenters. The van der Waals surface area contributed by atoms with Crippen molar-refractivity contribution in [1.29, 1.82) is 0 Å². The van der Waals surface area contributed by atoms with E-state index >= 15 is 0 Å². The molecule has 2 aliphatic heterocycles. The molecule has 154 valence electrons. The maximum absolute atomic E-state index is 13.7. The molecule has 0 spiro atoms. The molecule has 2 aromatic heterocycles. The monoisotopic (exact) mass is 412 g/mol. The van der Waals surface area contributed by atoms with Crippen molar-refractivity contribution in [3.05, 3.63) is 62.9 Å². The van der Waals surface area contributed by atoms with Gasteiger partial charge in [0.25, 0.3) is 5.56 Å². The van der Waals surface area contributed by atoms with Crippen LogP contribution in [0.5, 0.6) is 0 Å². The Morgan fingerprint density at radius 3 is 2.70 bits per heavy atom. The van der Waals surface area contributed by atoms with Gasteiger partial charge in [-0.25, -0.2) is 13.8 Å². The van der Waals surface area contributed by atoms with Crippen molar-refractivity contribution in [3.63, 3.8) is 0 Å². The molecule has 0 saturated carbocycles. The van der Waals surface area contributed by atoms with Gasteiger partial charge in [-0.15, -0.1) is 0 Å². The van der Waals surface area contributed by atoms with E-state index in [0.717, 1.165) is 17.7 Å². The number of esters is 1. The number of hydrogen-bond donors (Lipinski definition) is 0. The number of ether oxygens (including phenoxy) is 2. The number of methoxy groups -OCH3 is 1. The number of halogens is 2. The third-order valence-corrected chi connectivity index (χ3v) is 6.17. The number of cyclic esters (lactones) is 1. The van der Waals surface area contributed by atoms with E-state index in [9.17, 15) is 18.4 Å². The lowest BCUT2D eigenvalue weighted by Crippen LogP contribution is -2.34. The van der Waals surface area contributed by atoms with Crippen LogP contribution >= 0.6 is 0 Å². The summed E-state index contributed by atoms with van der Waals surface area (Å²) in [6.45, 7) is 2.01. The van der Waals surface area contributed by atoms with Crippen LogP contribution in [0.25, 0.3) is 22.3 Å². The minimum absolute atomic E-state index is 0.00160. The molecule has 1 aromatic carbocycles. The summed E-state index contributed by atoms with van der Waals surface area (Å²) >= 11 is 0. The van der Waals surface area contributed by atoms with Crippen LogP contribution in [0.2, 0.25) is 0 Å². The van der Waals surface area contributed by atoms with E-state index in [-0.39, 0.29) is 25.1 Å². The normalized spacial score (nSPS) is 19.8. The first-order valence-corrected chi connectivity index (χ1v) is 9.64. The molecule has 4 heterocycles. The summed E-state index contributed by atoms with van der Waals surface area (Å²) in [5.41, 5.74) is 1.85. The van der Waals surface area contributed by atoms with Crippen LogP contribution < -0.4 is 5.56 Å². The molecular weight excluding hydrogens is 394 g/mol. The van der Waals surface area contributed by atoms with Gasteiger partial charge in [-0.05, 0) is 30.2 Å². The van der Waals surface area contributed by atoms with Crippen LogP contribution in [0.3, 0.4) is 0 Å². The number of rotatable bonds is 2. The Morgan fingerprint density at radius 1 is 1.20 bits per heavy atom. The smallest absolute Gasteiger partial charge is 0.309 e. The number of benzene rings is 1. The molecular formula is C22H18F2N2O4. The molecule has 0 bridgehead atoms. The Hall–Kier alpha value is -3.13. The van der Waals surface area contributed by atoms with E-state index in [0.29, 0.717) is 39.8 Å². The van der Waals surface area contributed by atoms with Crippen molar-refractivity contribution in [2.75, 3.05) is 7.11 Å². The zero-order valence-electron chi connectivity index (χ0n) is 16.4. The maximum atomic E-state index is 13.7. The largest absolute Gasteiger partial charge is 0.460 e. The highest BCUT2D eigenvalue weighted by molar-refractivity contribution is 5.84. The molecule has 0 aliphatic carbocycles. The molecule has 2 aliphatic rings. The summed E-state index contributed by atoms with van der Waals surface area (Å²) < 4.78 is 39.9. The third kappa shape index (κ3) is 2.53. The third-order valence-electron chi connectivity index (χ3n) is 6.17. The molecule has 8 heteroatoms. The van der Waals surface area contributed by atoms with Gasteiger partial charge in [-0.3, -0.25) is 9.59 Å². The lowest BCUT2D eigenvalue weighted by molar-refractivity contribution is -0.151. The van der Waals surface area contributed by atoms with E-state index in [1.807, 2.05) is 13.0 Å². The maximum Gasteiger partial charge on any atom is 0.309 e. The standard InChI is InChI=1S/C22H18F2N2O4/c1-3-22(29-2)8-19(27)30-10-13-14(22)6-18-20-12(9-26(18)21(13)28)4-11-5-15(23)16(24)7-17(11)25-20/h4-7H,3,8-10H2,1-2H3/t22-/m1/s1. The van der Waals surface area contributed by atoms with Gasteiger partial charge in [-0.1, -0.05) is 6.92 Å². The van der Waals surface area contributed by atoms with Gasteiger partial charge >= 0.3 is 5.97 Å². The number of fused-ring (bicyclic) bond motifs is 5. The molecule has 3 aromatic rings. The van der Waals surface area contributed by atoms with Crippen molar-refractivity contribution >= 4 is 16.9 Å². The number of pyridine rings is 2. The fourth-order valence-corrected chi connectivity index (χ4v) is 4.49. The van der Waals surface area contributed by atoms with E-state index in [1.165, 1.54) is 7.11 Å². The average molecular weight is 412 g/mol. The summed E-state index contributed by atoms with van der Waals surface area (Å²) in [6.07, 6.45) is 0.468. The Morgan fingerprint density at radius 2 is 1.97 bits per heavy atom. The Bertz CT molecular complexity index is 1290. The van der Waals surface area contributed by atoms with Crippen molar-refractivity contribution in [1.82, 2.24) is 9.55 Å². The lowest BCUT2D eigenvalue weighted by Gasteiger charge is -2.30. The number of aromatic nitrogens is 2. The first kappa shape index (κ1) is 18.9. The van der Waals surface area contributed by atoms with Gasteiger partial charge in [0.2, 0.25) is 0 Å². The molecule has 0 fully saturated rings. The van der Waals surface area contributed by atoms with Crippen molar-refractivity contribution < 1.29 is 23.0 Å². The minimum atomic E-state index is -0.980. The van der Waals surface area contributed by atoms with Crippen LogP contribution in [0.1, 0.15) is 36.5 Å². The number of carbonyl (C=O) groups is 1. The number of carbonyl (C=O) groups excluding carboxylic acids is 1. The summed E-state index contributed by atoms with van der Waals surface area (Å²) in [7, 11) is 1.51. The van der Waals surface area contributed by atoms with Crippen LogP contribution in [-0.2, 0) is 33.0 Å². The molecule has 30 heavy (non-hydrogen) atoms. The SMILES string of the molecule is CC[C@@]1(OC)CC(=O)OCc2c1cc1n(c2=O)Cc2cc3cc(F)c(F)cc3nc2-1. The number of hydrogen-bond acceptors (Lipinski definition) is 5. The summed E-state index contributed by atoms with van der Waals surface area (Å²) in [4.78, 5) is 30.0. The Balaban J connectivity index is 1.78. The van der Waals surface area contributed by atoms with Crippen LogP contribution in [0.4, 0.5) is 8.78 Å². The van der Waals surface area contributed by atoms with Crippen molar-refractivity contribution in [3.8, 4) is 11.4 Å². The molecule has 0 N–H and O–H groups in total. The second kappa shape index (κ2) is 6.43. The average Bonchev–Trinajstić information content (AvgIpc) is 3.00. The molecule has 0 saturated heterocycles. The number of nitrogens with zero attached hydrogens (tertiary/aromatic N) is 2. The molecule has 0 radical (unpaired) electrons. The summed E-state index contributed by atoms with van der Waals surface area (Å²) in [5, 5.41) is 0.462. The van der Waals surface area contributed by atoms with Gasteiger partial charge in [0, 0.05) is 24.1 Å². The highest BCUT2D eigenvalue weighted by Gasteiger charge is 2.41. The molecule has 5 rings (SSSR count). The molecule has 1 atom stereocenters. The topological polar surface area (TPSA) is 70.4 Å². The Labute approximate surface area is 170 Å². The molecule has 0 amide bonds. The first-order valence-electron chi connectivity index (χ1n) is 9.64. The Kier molecular flexibility index (Phi) is 4.05. The van der Waals surface area contributed by atoms with Gasteiger partial charge < -0.3 is 14.0 Å². The van der Waals surface area contributed by atoms with Gasteiger partial charge in [0.1, 0.15) is 12.2 Å². The zero-order valence-corrected chi connectivity index (χ0v) is 16.4. The second-order valence-electron chi connectivity index (χ2n) is 7.66. The van der Waals surface area contributed by atoms with Crippen LogP contribution in [0.15, 0.2) is 29.1 Å². The summed E-state index contributed by atoms with van der Waals surface area (Å²) in [6, 6.07) is 5.69. The first-order chi connectivity index (χ1) is 14.4. The second-order valence-corrected chi connectivity index (χ2v) is 7.66.